The number of hydrogen-bond acceptors (Lipinski definition) is 18. The van der Waals surface area contributed by atoms with Gasteiger partial charge >= 0.3 is 17.6 Å². The second kappa shape index (κ2) is 20.4. The number of aliphatic hydroxyl groups excluding tert-OH is 8. The van der Waals surface area contributed by atoms with Crippen molar-refractivity contribution in [3.63, 3.8) is 0 Å². The highest BCUT2D eigenvalue weighted by Crippen LogP contribution is 2.25. The molecule has 56 heavy (non-hydrogen) atoms. The van der Waals surface area contributed by atoms with Gasteiger partial charge in [-0.3, -0.25) is 9.78 Å². The third-order valence-electron chi connectivity index (χ3n) is 8.73. The van der Waals surface area contributed by atoms with E-state index in [1.165, 1.54) is 4.57 Å². The van der Waals surface area contributed by atoms with Crippen LogP contribution < -0.4 is 17.0 Å². The summed E-state index contributed by atoms with van der Waals surface area (Å²) in [5, 5.41) is 73.8. The maximum Gasteiger partial charge on any atom is 0.377 e. The Morgan fingerprint density at radius 2 is 1.59 bits per heavy atom. The fraction of sp³-hybridized carbons (Fsp3) is 0.444. The zero-order chi connectivity index (χ0) is 41.9. The molecule has 3 aliphatic rings. The summed E-state index contributed by atoms with van der Waals surface area (Å²) in [6.07, 6.45) is -7.46. The van der Waals surface area contributed by atoms with Crippen LogP contribution in [0.4, 0.5) is 5.69 Å². The monoisotopic (exact) mass is 788 g/mol. The van der Waals surface area contributed by atoms with Gasteiger partial charge < -0.3 is 65.5 Å². The molecular formula is C36H48N6O14. The first kappa shape index (κ1) is 44.9. The van der Waals surface area contributed by atoms with Crippen molar-refractivity contribution in [2.45, 2.75) is 64.8 Å². The molecule has 2 aromatic rings. The quantitative estimate of drug-likeness (QED) is 0.0425. The van der Waals surface area contributed by atoms with Crippen LogP contribution >= 0.6 is 0 Å². The third kappa shape index (κ3) is 11.3. The van der Waals surface area contributed by atoms with Crippen molar-refractivity contribution in [1.29, 1.82) is 0 Å². The zero-order valence-corrected chi connectivity index (χ0v) is 31.2. The number of nitrogens with one attached hydrogen (secondary N) is 1. The van der Waals surface area contributed by atoms with Crippen LogP contribution in [0.2, 0.25) is 0 Å². The van der Waals surface area contributed by atoms with Crippen molar-refractivity contribution < 1.29 is 59.9 Å². The van der Waals surface area contributed by atoms with E-state index in [9.17, 15) is 34.5 Å². The standard InChI is InChI=1S/C17H20N4O6.C13H20N2O2.C6H8O6/c1-7-3-9-10(4-8(7)2)21(5-11(23)14(25)12(24)6-22)15-13(18-9)16(26)20-17(27)19-15;1-3-15(4-2)9-10-17-13(16)11-5-7-12(14)8-6-11;7-1-2(8)5-3(9)4(10)6(11)12-5/h3-4,11-12,14,22-25H,5-6H2,1-2H3,(H,20,26,27);5-8H,3-4,9-10,14H2,1-2H3;2,5,7-10H,1H2/t11-,12+,14-;;2-,5+/m0.0/s1. The Morgan fingerprint density at radius 3 is 2.14 bits per heavy atom. The van der Waals surface area contributed by atoms with Crippen LogP contribution in [-0.2, 0) is 20.8 Å². The Morgan fingerprint density at radius 1 is 0.964 bits per heavy atom. The summed E-state index contributed by atoms with van der Waals surface area (Å²) in [5.74, 6) is -3.12. The largest absolute Gasteiger partial charge is 0.505 e. The van der Waals surface area contributed by atoms with Crippen molar-refractivity contribution in [1.82, 2.24) is 24.4 Å². The van der Waals surface area contributed by atoms with Crippen LogP contribution in [0.1, 0.15) is 35.3 Å². The maximum absolute atomic E-state index is 12.2. The number of nitrogens with two attached hydrogens (primary N) is 1. The Labute approximate surface area is 319 Å². The molecule has 11 N–H and O–H groups in total. The van der Waals surface area contributed by atoms with E-state index in [0.717, 1.165) is 30.8 Å². The van der Waals surface area contributed by atoms with E-state index in [-0.39, 0.29) is 24.0 Å². The number of ether oxygens (including phenoxy) is 2. The number of nitrogens with zero attached hydrogens (tertiary/aromatic N) is 4. The average Bonchev–Trinajstić information content (AvgIpc) is 3.44. The number of aryl methyl sites for hydroxylation is 2. The normalized spacial score (nSPS) is 16.1. The highest BCUT2D eigenvalue weighted by Gasteiger charge is 2.38. The Hall–Kier alpha value is -5.48. The molecule has 3 aliphatic heterocycles. The van der Waals surface area contributed by atoms with Gasteiger partial charge in [0.2, 0.25) is 5.76 Å². The first-order chi connectivity index (χ1) is 26.5. The Balaban J connectivity index is 0.000000248. The van der Waals surface area contributed by atoms with Crippen LogP contribution in [0.5, 0.6) is 0 Å². The van der Waals surface area contributed by atoms with Gasteiger partial charge in [-0.15, -0.1) is 0 Å². The van der Waals surface area contributed by atoms with Gasteiger partial charge in [-0.05, 0) is 74.5 Å². The average molecular weight is 789 g/mol. The first-order valence-corrected chi connectivity index (χ1v) is 17.4. The molecule has 0 aliphatic carbocycles. The minimum atomic E-state index is -1.64. The van der Waals surface area contributed by atoms with Crippen LogP contribution in [0.15, 0.2) is 57.5 Å². The Kier molecular flexibility index (Phi) is 16.4. The summed E-state index contributed by atoms with van der Waals surface area (Å²) >= 11 is 0. The number of rotatable bonds is 13. The minimum Gasteiger partial charge on any atom is -0.505 e. The van der Waals surface area contributed by atoms with Crippen LogP contribution in [0, 0.1) is 13.8 Å². The summed E-state index contributed by atoms with van der Waals surface area (Å²) in [6.45, 7) is 9.36. The van der Waals surface area contributed by atoms with E-state index in [4.69, 9.17) is 36.0 Å². The lowest BCUT2D eigenvalue weighted by Crippen LogP contribution is -2.42. The van der Waals surface area contributed by atoms with Gasteiger partial charge in [-0.25, -0.2) is 19.4 Å². The van der Waals surface area contributed by atoms with Gasteiger partial charge in [0.1, 0.15) is 31.0 Å². The number of cyclic esters (lactones) is 1. The predicted molar refractivity (Wildman–Crippen MR) is 200 cm³/mol. The van der Waals surface area contributed by atoms with Gasteiger partial charge in [0.15, 0.2) is 23.4 Å². The minimum absolute atomic E-state index is 0.0516. The number of esters is 2. The number of hydrogen-bond donors (Lipinski definition) is 10. The lowest BCUT2D eigenvalue weighted by atomic mass is 10.1. The lowest BCUT2D eigenvalue weighted by molar-refractivity contribution is -0.147. The number of carbonyl (C=O) groups is 2. The Bertz CT molecular complexity index is 2060. The van der Waals surface area contributed by atoms with Crippen LogP contribution in [-0.4, -0.2) is 147 Å². The molecule has 0 unspecified atom stereocenters. The molecule has 0 aromatic heterocycles. The van der Waals surface area contributed by atoms with E-state index < -0.39 is 72.5 Å². The SMILES string of the molecule is CCN(CC)CCOC(=O)c1ccc(N)cc1.Cc1cc2nc3c(=O)[nH]c(=O)nc-3n(C[C@H](O)[C@H](O)[C@H](O)CO)c2cc1C.O=C1O[C@H]([C@@H](O)CO)C(O)=C1O. The van der Waals surface area contributed by atoms with E-state index in [0.29, 0.717) is 28.9 Å². The number of benzene rings is 2. The van der Waals surface area contributed by atoms with E-state index in [1.807, 2.05) is 13.8 Å². The van der Waals surface area contributed by atoms with Gasteiger partial charge in [-0.1, -0.05) is 13.8 Å². The van der Waals surface area contributed by atoms with Crippen molar-refractivity contribution in [3.8, 4) is 11.5 Å². The molecule has 0 fully saturated rings. The second-order valence-electron chi connectivity index (χ2n) is 12.6. The topological polar surface area (TPSA) is 324 Å². The van der Waals surface area contributed by atoms with Gasteiger partial charge in [0, 0.05) is 12.2 Å². The van der Waals surface area contributed by atoms with Crippen LogP contribution in [0.25, 0.3) is 22.6 Å². The number of fused-ring (bicyclic) bond motifs is 2. The second-order valence-corrected chi connectivity index (χ2v) is 12.6. The molecule has 5 rings (SSSR count). The highest BCUT2D eigenvalue weighted by atomic mass is 16.6. The summed E-state index contributed by atoms with van der Waals surface area (Å²) < 4.78 is 10.9. The van der Waals surface area contributed by atoms with Gasteiger partial charge in [-0.2, -0.15) is 4.98 Å². The fourth-order valence-electron chi connectivity index (χ4n) is 5.23. The molecule has 5 atom stereocenters. The van der Waals surface area contributed by atoms with Crippen LogP contribution in [0.3, 0.4) is 0 Å². The third-order valence-corrected chi connectivity index (χ3v) is 8.73. The number of aliphatic hydroxyl groups is 8. The summed E-state index contributed by atoms with van der Waals surface area (Å²) in [5.41, 5.74) is 7.84. The van der Waals surface area contributed by atoms with E-state index >= 15 is 0 Å². The molecule has 2 aromatic carbocycles. The number of H-pyrrole nitrogens is 1. The summed E-state index contributed by atoms with van der Waals surface area (Å²) in [4.78, 5) is 58.4. The number of likely N-dealkylation sites (N-methyl/N-ethyl adjacent to an activating group) is 1. The molecule has 0 saturated heterocycles. The van der Waals surface area contributed by atoms with Crippen molar-refractivity contribution in [2.24, 2.45) is 0 Å². The molecule has 0 radical (unpaired) electrons. The molecule has 0 bridgehead atoms. The molecule has 20 heteroatoms. The van der Waals surface area contributed by atoms with Gasteiger partial charge in [0.25, 0.3) is 5.56 Å². The van der Waals surface area contributed by atoms with Crippen molar-refractivity contribution >= 4 is 28.7 Å². The van der Waals surface area contributed by atoms with E-state index in [1.54, 1.807) is 36.4 Å². The van der Waals surface area contributed by atoms with E-state index in [2.05, 4.69) is 38.4 Å². The van der Waals surface area contributed by atoms with Crippen molar-refractivity contribution in [3.05, 3.63) is 85.4 Å². The molecule has 3 heterocycles. The zero-order valence-electron chi connectivity index (χ0n) is 31.2. The molecule has 0 amide bonds. The smallest absolute Gasteiger partial charge is 0.377 e. The fourth-order valence-corrected chi connectivity index (χ4v) is 5.23. The summed E-state index contributed by atoms with van der Waals surface area (Å²) in [6, 6.07) is 10.3. The van der Waals surface area contributed by atoms with Crippen molar-refractivity contribution in [2.75, 3.05) is 45.2 Å². The van der Waals surface area contributed by atoms with Gasteiger partial charge in [0.05, 0.1) is 36.4 Å². The molecule has 0 spiro atoms. The maximum atomic E-state index is 12.2. The number of nitrogen functional groups attached to an aromatic ring is 1. The predicted octanol–water partition coefficient (Wildman–Crippen LogP) is -1.36. The molecule has 20 nitrogen and oxygen atoms in total. The first-order valence-electron chi connectivity index (χ1n) is 17.4. The molecular weight excluding hydrogens is 740 g/mol. The number of carbonyl (C=O) groups excluding carboxylic acids is 2. The lowest BCUT2D eigenvalue weighted by Gasteiger charge is -2.25. The number of aromatic amines is 1. The molecule has 306 valence electrons. The summed E-state index contributed by atoms with van der Waals surface area (Å²) in [7, 11) is 0. The highest BCUT2D eigenvalue weighted by molar-refractivity contribution is 5.90. The number of anilines is 1. The number of aromatic nitrogens is 4. The molecule has 0 saturated carbocycles.